The van der Waals surface area contributed by atoms with Gasteiger partial charge in [0.05, 0.1) is 79.9 Å². The van der Waals surface area contributed by atoms with Crippen molar-refractivity contribution >= 4 is 219 Å². The summed E-state index contributed by atoms with van der Waals surface area (Å²) in [5, 5.41) is 43.3. The lowest BCUT2D eigenvalue weighted by Gasteiger charge is -2.29. The number of halogens is 12. The number of aliphatic carboxylic acids is 3. The minimum absolute atomic E-state index is 0.00884. The largest absolute Gasteiger partial charge is 0.479 e. The molecule has 0 aliphatic rings. The molecule has 12 aromatic rings. The first-order chi connectivity index (χ1) is 57.5. The topological polar surface area (TPSA) is 408 Å². The first-order valence-corrected chi connectivity index (χ1v) is 43.2. The van der Waals surface area contributed by atoms with Crippen LogP contribution >= 0.6 is 127 Å². The summed E-state index contributed by atoms with van der Waals surface area (Å²) in [4.78, 5) is 122. The molecule has 0 aliphatic heterocycles. The molecule has 0 aliphatic carbocycles. The van der Waals surface area contributed by atoms with E-state index in [1.807, 2.05) is 48.5 Å². The van der Waals surface area contributed by atoms with E-state index in [4.69, 9.17) is 39.4 Å². The summed E-state index contributed by atoms with van der Waals surface area (Å²) in [6.07, 6.45) is -8.46. The van der Waals surface area contributed by atoms with Crippen molar-refractivity contribution in [2.45, 2.75) is 137 Å². The molecule has 0 bridgehead atoms. The highest BCUT2D eigenvalue weighted by Gasteiger charge is 2.28. The molecule has 4 heterocycles. The van der Waals surface area contributed by atoms with Crippen molar-refractivity contribution in [3.63, 3.8) is 0 Å². The van der Waals surface area contributed by atoms with E-state index >= 15 is 0 Å². The van der Waals surface area contributed by atoms with Gasteiger partial charge >= 0.3 is 23.9 Å². The van der Waals surface area contributed by atoms with E-state index in [2.05, 4.69) is 183 Å². The zero-order valence-corrected chi connectivity index (χ0v) is 78.3. The van der Waals surface area contributed by atoms with Crippen LogP contribution in [-0.2, 0) is 44.9 Å². The van der Waals surface area contributed by atoms with Crippen LogP contribution in [-0.4, -0.2) is 168 Å². The SMILES string of the molecule is CC(C)N(C(=O)c1nc2ccc(Oc3c(Br)cc(CC(F)C(=O)O)cc3Br)cc2[nH]1)C(C)C.CC(C)NC(=O)C(F)Cc1cc(Br)c(Oc2ccc3nc(C(=O)O)[nH]c3c2)c(Br)c1.CC(C)NC(=O)c1nc2ccc(Oc3c(Br)cc(CC(F)C(=O)O)cc3Br)cc2[nH]1.CCNC(=O)c1nc2ccc(Oc3c(Br)cc(CC(F)C(=O)O)cc3Br)cc2[nH]1. The quantitative estimate of drug-likeness (QED) is 0.0194. The number of carbonyl (C=O) groups is 8. The molecule has 0 radical (unpaired) electrons. The summed E-state index contributed by atoms with van der Waals surface area (Å²) in [7, 11) is 0. The Labute approximate surface area is 760 Å². The number of amides is 4. The Morgan fingerprint density at radius 2 is 0.639 bits per heavy atom. The van der Waals surface area contributed by atoms with E-state index < -0.39 is 54.5 Å². The summed E-state index contributed by atoms with van der Waals surface area (Å²) >= 11 is 27.2. The number of fused-ring (bicyclic) bond motifs is 4. The van der Waals surface area contributed by atoms with E-state index in [0.717, 1.165) is 0 Å². The highest BCUT2D eigenvalue weighted by Crippen LogP contribution is 2.44. The number of ether oxygens (including phenoxy) is 4. The number of H-pyrrole nitrogens is 4. The number of hydrogen-bond acceptors (Lipinski definition) is 16. The van der Waals surface area contributed by atoms with Crippen molar-refractivity contribution in [1.82, 2.24) is 60.7 Å². The van der Waals surface area contributed by atoms with Gasteiger partial charge in [-0.3, -0.25) is 19.2 Å². The number of nitrogens with zero attached hydrogens (tertiary/aromatic N) is 5. The summed E-state index contributed by atoms with van der Waals surface area (Å²) in [5.74, 6) is -2.80. The van der Waals surface area contributed by atoms with Gasteiger partial charge in [0.2, 0.25) is 24.3 Å². The Morgan fingerprint density at radius 3 is 0.910 bits per heavy atom. The molecule has 0 fully saturated rings. The van der Waals surface area contributed by atoms with Crippen molar-refractivity contribution in [3.05, 3.63) is 203 Å². The van der Waals surface area contributed by atoms with Gasteiger partial charge in [0.25, 0.3) is 23.6 Å². The van der Waals surface area contributed by atoms with Crippen LogP contribution in [0.4, 0.5) is 17.6 Å². The molecule has 12 rings (SSSR count). The van der Waals surface area contributed by atoms with Crippen molar-refractivity contribution < 1.29 is 95.3 Å². The monoisotopic (exact) mass is 2190 g/mol. The van der Waals surface area contributed by atoms with Crippen LogP contribution in [0.3, 0.4) is 0 Å². The van der Waals surface area contributed by atoms with Gasteiger partial charge in [-0.15, -0.1) is 0 Å². The number of aromatic nitrogens is 8. The third-order valence-electron chi connectivity index (χ3n) is 17.0. The maximum Gasteiger partial charge on any atom is 0.371 e. The van der Waals surface area contributed by atoms with Gasteiger partial charge < -0.3 is 80.2 Å². The Hall–Kier alpha value is -9.84. The van der Waals surface area contributed by atoms with Crippen LogP contribution in [0.2, 0.25) is 0 Å². The molecule has 11 N–H and O–H groups in total. The van der Waals surface area contributed by atoms with Gasteiger partial charge in [0.15, 0.2) is 46.6 Å². The van der Waals surface area contributed by atoms with E-state index in [9.17, 15) is 55.9 Å². The van der Waals surface area contributed by atoms with Gasteiger partial charge in [-0.05, 0) is 309 Å². The summed E-state index contributed by atoms with van der Waals surface area (Å²) in [6.45, 7) is 17.4. The second-order valence-electron chi connectivity index (χ2n) is 28.1. The molecule has 122 heavy (non-hydrogen) atoms. The van der Waals surface area contributed by atoms with E-state index in [0.29, 0.717) is 155 Å². The second-order valence-corrected chi connectivity index (χ2v) is 34.9. The lowest BCUT2D eigenvalue weighted by Crippen LogP contribution is -2.42. The molecular weight excluding hydrogens is 2120 g/mol. The second kappa shape index (κ2) is 43.0. The van der Waals surface area contributed by atoms with Crippen LogP contribution < -0.4 is 34.9 Å². The number of benzene rings is 8. The lowest BCUT2D eigenvalue weighted by atomic mass is 10.1. The molecule has 0 spiro atoms. The van der Waals surface area contributed by atoms with Gasteiger partial charge in [-0.1, -0.05) is 0 Å². The van der Waals surface area contributed by atoms with Crippen molar-refractivity contribution in [3.8, 4) is 46.0 Å². The summed E-state index contributed by atoms with van der Waals surface area (Å²) < 4.78 is 82.9. The molecule has 0 saturated carbocycles. The third kappa shape index (κ3) is 25.9. The zero-order valence-electron chi connectivity index (χ0n) is 65.7. The van der Waals surface area contributed by atoms with Crippen LogP contribution in [0.15, 0.2) is 157 Å². The number of carboxylic acid groups (broad SMARTS) is 4. The number of carboxylic acids is 4. The first-order valence-electron chi connectivity index (χ1n) is 36.9. The number of imidazole rings is 4. The molecule has 4 atom stereocenters. The zero-order chi connectivity index (χ0) is 89.6. The van der Waals surface area contributed by atoms with Gasteiger partial charge in [-0.25, -0.2) is 56.7 Å². The van der Waals surface area contributed by atoms with Crippen LogP contribution in [0, 0.1) is 0 Å². The minimum atomic E-state index is -1.99. The maximum atomic E-state index is 14.2. The van der Waals surface area contributed by atoms with Crippen LogP contribution in [0.5, 0.6) is 46.0 Å². The predicted octanol–water partition coefficient (Wildman–Crippen LogP) is 20.7. The standard InChI is InChI=1S/C23H24Br2FN3O4.2C20H18Br2FN3O4.C19H16Br2FN3O4/c1-11(2)29(12(3)4)22(30)21-27-18-6-5-14(10-19(18)28-21)33-20-15(24)7-13(8-16(20)25)9-17(26)23(31)32;1-9(2)24-19(27)18-25-15-4-3-11(8-16(15)26-18)30-17-12(21)5-10(6-13(17)22)7-14(23)20(28)29;1-9(2)24-19(27)14(23)7-10-5-12(21)17(13(22)6-10)30-11-3-4-15-16(8-11)26-18(25-15)20(28)29;1-2-23-18(26)17-24-14-4-3-10(8-15(14)25-17)29-16-11(20)5-9(6-12(16)21)7-13(22)19(27)28/h5-8,10-12,17H,9H2,1-4H3,(H,27,28)(H,31,32);2*3-6,8-9,14H,7H2,1-2H3,(H,24,27)(H,25,26)(H,28,29);3-6,8,13H,2,7H2,1H3,(H,23,26)(H,24,25)(H,27,28). The highest BCUT2D eigenvalue weighted by atomic mass is 79.9. The Morgan fingerprint density at radius 1 is 0.377 bits per heavy atom. The van der Waals surface area contributed by atoms with Crippen molar-refractivity contribution in [2.24, 2.45) is 0 Å². The lowest BCUT2D eigenvalue weighted by molar-refractivity contribution is -0.143. The van der Waals surface area contributed by atoms with Crippen molar-refractivity contribution in [2.75, 3.05) is 6.54 Å². The number of aromatic carboxylic acids is 1. The molecule has 28 nitrogen and oxygen atoms in total. The number of carbonyl (C=O) groups excluding carboxylic acids is 4. The third-order valence-corrected chi connectivity index (χ3v) is 21.8. The maximum absolute atomic E-state index is 14.2. The van der Waals surface area contributed by atoms with Crippen molar-refractivity contribution in [1.29, 1.82) is 0 Å². The van der Waals surface area contributed by atoms with E-state index in [-0.39, 0.29) is 90.9 Å². The number of rotatable bonds is 29. The Bertz CT molecular complexity index is 5830. The Kier molecular flexibility index (Phi) is 33.8. The number of alkyl halides is 4. The number of nitrogens with one attached hydrogen (secondary N) is 7. The molecule has 0 saturated heterocycles. The number of hydrogen-bond donors (Lipinski definition) is 11. The van der Waals surface area contributed by atoms with E-state index in [1.165, 1.54) is 0 Å². The number of aromatic amines is 4. The molecule has 4 unspecified atom stereocenters. The minimum Gasteiger partial charge on any atom is -0.479 e. The molecular formula is C82H76Br8F4N12O16. The molecule has 644 valence electrons. The van der Waals surface area contributed by atoms with Gasteiger partial charge in [0, 0.05) is 80.7 Å². The predicted molar refractivity (Wildman–Crippen MR) is 477 cm³/mol. The average Bonchev–Trinajstić information content (AvgIpc) is 1.77. The first kappa shape index (κ1) is 96.0. The fourth-order valence-electron chi connectivity index (χ4n) is 11.7. The van der Waals surface area contributed by atoms with Crippen LogP contribution in [0.1, 0.15) is 127 Å². The van der Waals surface area contributed by atoms with Crippen LogP contribution in [0.25, 0.3) is 44.1 Å². The molecule has 8 aromatic carbocycles. The summed E-state index contributed by atoms with van der Waals surface area (Å²) in [5.41, 5.74) is 6.92. The summed E-state index contributed by atoms with van der Waals surface area (Å²) in [6, 6.07) is 33.4. The smallest absolute Gasteiger partial charge is 0.371 e. The fourth-order valence-corrected chi connectivity index (χ4v) is 17.5. The molecule has 4 aromatic heterocycles. The normalized spacial score (nSPS) is 12.2. The molecule has 40 heteroatoms. The van der Waals surface area contributed by atoms with E-state index in [1.54, 1.807) is 140 Å². The van der Waals surface area contributed by atoms with Gasteiger partial charge in [0.1, 0.15) is 23.0 Å². The van der Waals surface area contributed by atoms with Gasteiger partial charge in [-0.2, -0.15) is 0 Å². The molecule has 4 amide bonds. The highest BCUT2D eigenvalue weighted by molar-refractivity contribution is 9.12. The average molecular weight is 2200 g/mol. The Balaban J connectivity index is 0.000000185. The fraction of sp³-hybridized carbons (Fsp3) is 0.268.